The molecule has 1 N–H and O–H groups in total. The Kier molecular flexibility index (Phi) is 5.78. The molecule has 0 saturated carbocycles. The maximum atomic E-state index is 12.6. The summed E-state index contributed by atoms with van der Waals surface area (Å²) in [5, 5.41) is 7.47. The van der Waals surface area contributed by atoms with Crippen LogP contribution in [0.5, 0.6) is 0 Å². The van der Waals surface area contributed by atoms with Gasteiger partial charge in [-0.1, -0.05) is 38.1 Å². The highest BCUT2D eigenvalue weighted by Gasteiger charge is 2.19. The van der Waals surface area contributed by atoms with E-state index in [1.807, 2.05) is 39.3 Å². The summed E-state index contributed by atoms with van der Waals surface area (Å²) in [6.07, 6.45) is 0. The van der Waals surface area contributed by atoms with Gasteiger partial charge in [0.15, 0.2) is 0 Å². The number of carbonyl (C=O) groups is 1. The van der Waals surface area contributed by atoms with E-state index in [4.69, 9.17) is 0 Å². The minimum Gasteiger partial charge on any atom is -0.349 e. The molecule has 0 unspecified atom stereocenters. The Morgan fingerprint density at radius 1 is 1.29 bits per heavy atom. The lowest BCUT2D eigenvalue weighted by molar-refractivity contribution is 0.0932. The SMILES string of the molecule is Cc1ccccc1[C@@H](CNC(=O)c1cc(C(C)C)nn1C)N(C)C. The minimum atomic E-state index is -0.0858. The van der Waals surface area contributed by atoms with Crippen LogP contribution in [0.15, 0.2) is 30.3 Å². The first kappa shape index (κ1) is 18.2. The maximum Gasteiger partial charge on any atom is 0.269 e. The molecule has 0 bridgehead atoms. The fraction of sp³-hybridized carbons (Fsp3) is 0.474. The molecule has 0 spiro atoms. The highest BCUT2D eigenvalue weighted by atomic mass is 16.2. The molecule has 0 aliphatic carbocycles. The average molecular weight is 328 g/mol. The lowest BCUT2D eigenvalue weighted by atomic mass is 10.0. The highest BCUT2D eigenvalue weighted by Crippen LogP contribution is 2.21. The standard InChI is InChI=1S/C19H28N4O/c1-13(2)16-11-17(23(6)21-16)19(24)20-12-18(22(4)5)15-10-8-7-9-14(15)3/h7-11,13,18H,12H2,1-6H3,(H,20,24)/t18-/m1/s1. The van der Waals surface area contributed by atoms with Crippen molar-refractivity contribution in [3.8, 4) is 0 Å². The van der Waals surface area contributed by atoms with E-state index in [0.29, 0.717) is 18.2 Å². The first-order valence-electron chi connectivity index (χ1n) is 8.35. The number of likely N-dealkylation sites (N-methyl/N-ethyl adjacent to an activating group) is 1. The number of nitrogens with one attached hydrogen (secondary N) is 1. The number of benzene rings is 1. The van der Waals surface area contributed by atoms with Gasteiger partial charge in [-0.05, 0) is 44.1 Å². The second-order valence-electron chi connectivity index (χ2n) is 6.78. The molecule has 2 rings (SSSR count). The lowest BCUT2D eigenvalue weighted by Crippen LogP contribution is -2.35. The van der Waals surface area contributed by atoms with Crippen molar-refractivity contribution < 1.29 is 4.79 Å². The monoisotopic (exact) mass is 328 g/mol. The van der Waals surface area contributed by atoms with Crippen molar-refractivity contribution in [2.45, 2.75) is 32.7 Å². The summed E-state index contributed by atoms with van der Waals surface area (Å²) in [5.74, 6) is 0.219. The molecular weight excluding hydrogens is 300 g/mol. The van der Waals surface area contributed by atoms with E-state index in [0.717, 1.165) is 5.69 Å². The zero-order valence-corrected chi connectivity index (χ0v) is 15.5. The number of nitrogens with zero attached hydrogens (tertiary/aromatic N) is 3. The molecule has 0 saturated heterocycles. The number of hydrogen-bond acceptors (Lipinski definition) is 3. The van der Waals surface area contributed by atoms with Crippen LogP contribution in [0, 0.1) is 6.92 Å². The topological polar surface area (TPSA) is 50.2 Å². The number of amides is 1. The summed E-state index contributed by atoms with van der Waals surface area (Å²) >= 11 is 0. The second-order valence-corrected chi connectivity index (χ2v) is 6.78. The number of rotatable bonds is 6. The Morgan fingerprint density at radius 2 is 1.96 bits per heavy atom. The van der Waals surface area contributed by atoms with Gasteiger partial charge < -0.3 is 10.2 Å². The van der Waals surface area contributed by atoms with Crippen LogP contribution in [0.4, 0.5) is 0 Å². The van der Waals surface area contributed by atoms with E-state index >= 15 is 0 Å². The Balaban J connectivity index is 2.12. The first-order valence-corrected chi connectivity index (χ1v) is 8.35. The van der Waals surface area contributed by atoms with Crippen molar-refractivity contribution in [3.63, 3.8) is 0 Å². The molecule has 1 aromatic carbocycles. The van der Waals surface area contributed by atoms with Gasteiger partial charge in [-0.3, -0.25) is 9.48 Å². The Labute approximate surface area is 144 Å². The molecular formula is C19H28N4O. The smallest absolute Gasteiger partial charge is 0.269 e. The van der Waals surface area contributed by atoms with Crippen molar-refractivity contribution in [2.24, 2.45) is 7.05 Å². The number of aromatic nitrogens is 2. The summed E-state index contributed by atoms with van der Waals surface area (Å²) in [6.45, 7) is 6.80. The van der Waals surface area contributed by atoms with Crippen molar-refractivity contribution in [1.82, 2.24) is 20.0 Å². The van der Waals surface area contributed by atoms with Gasteiger partial charge in [0.05, 0.1) is 11.7 Å². The van der Waals surface area contributed by atoms with E-state index < -0.39 is 0 Å². The zero-order valence-electron chi connectivity index (χ0n) is 15.5. The molecule has 0 fully saturated rings. The molecule has 1 heterocycles. The zero-order chi connectivity index (χ0) is 17.9. The fourth-order valence-corrected chi connectivity index (χ4v) is 2.80. The highest BCUT2D eigenvalue weighted by molar-refractivity contribution is 5.92. The number of aryl methyl sites for hydroxylation is 2. The molecule has 24 heavy (non-hydrogen) atoms. The Bertz CT molecular complexity index is 703. The quantitative estimate of drug-likeness (QED) is 0.887. The molecule has 1 atom stereocenters. The van der Waals surface area contributed by atoms with Crippen LogP contribution in [-0.2, 0) is 7.05 Å². The molecule has 1 aromatic heterocycles. The first-order chi connectivity index (χ1) is 11.3. The largest absolute Gasteiger partial charge is 0.349 e. The van der Waals surface area contributed by atoms with Crippen molar-refractivity contribution in [3.05, 3.63) is 52.8 Å². The predicted octanol–water partition coefficient (Wildman–Crippen LogP) is 2.88. The average Bonchev–Trinajstić information content (AvgIpc) is 2.91. The van der Waals surface area contributed by atoms with Gasteiger partial charge in [0, 0.05) is 13.6 Å². The molecule has 0 radical (unpaired) electrons. The van der Waals surface area contributed by atoms with Gasteiger partial charge in [-0.15, -0.1) is 0 Å². The van der Waals surface area contributed by atoms with Crippen LogP contribution >= 0.6 is 0 Å². The van der Waals surface area contributed by atoms with Crippen LogP contribution in [0.2, 0.25) is 0 Å². The number of carbonyl (C=O) groups excluding carboxylic acids is 1. The molecule has 5 heteroatoms. The van der Waals surface area contributed by atoms with Crippen LogP contribution in [0.1, 0.15) is 53.1 Å². The van der Waals surface area contributed by atoms with Crippen LogP contribution in [-0.4, -0.2) is 41.2 Å². The Hall–Kier alpha value is -2.14. The Morgan fingerprint density at radius 3 is 2.50 bits per heavy atom. The third-order valence-electron chi connectivity index (χ3n) is 4.35. The van der Waals surface area contributed by atoms with E-state index in [1.54, 1.807) is 4.68 Å². The normalized spacial score (nSPS) is 12.7. The van der Waals surface area contributed by atoms with E-state index in [9.17, 15) is 4.79 Å². The van der Waals surface area contributed by atoms with E-state index in [2.05, 4.69) is 48.2 Å². The summed E-state index contributed by atoms with van der Waals surface area (Å²) in [7, 11) is 5.87. The van der Waals surface area contributed by atoms with Gasteiger partial charge in [0.2, 0.25) is 0 Å². The third kappa shape index (κ3) is 4.03. The molecule has 0 aliphatic rings. The lowest BCUT2D eigenvalue weighted by Gasteiger charge is -2.26. The fourth-order valence-electron chi connectivity index (χ4n) is 2.80. The van der Waals surface area contributed by atoms with Crippen molar-refractivity contribution >= 4 is 5.91 Å². The number of hydrogen-bond donors (Lipinski definition) is 1. The summed E-state index contributed by atoms with van der Waals surface area (Å²) in [5.41, 5.74) is 4.00. The second kappa shape index (κ2) is 7.62. The molecule has 0 aliphatic heterocycles. The van der Waals surface area contributed by atoms with Crippen molar-refractivity contribution in [1.29, 1.82) is 0 Å². The van der Waals surface area contributed by atoms with Gasteiger partial charge in [0.1, 0.15) is 5.69 Å². The van der Waals surface area contributed by atoms with E-state index in [-0.39, 0.29) is 11.9 Å². The van der Waals surface area contributed by atoms with Gasteiger partial charge in [-0.2, -0.15) is 5.10 Å². The summed E-state index contributed by atoms with van der Waals surface area (Å²) in [6, 6.07) is 10.3. The maximum absolute atomic E-state index is 12.6. The molecule has 130 valence electrons. The van der Waals surface area contributed by atoms with Gasteiger partial charge in [-0.25, -0.2) is 0 Å². The van der Waals surface area contributed by atoms with Crippen molar-refractivity contribution in [2.75, 3.05) is 20.6 Å². The summed E-state index contributed by atoms with van der Waals surface area (Å²) < 4.78 is 1.66. The minimum absolute atomic E-state index is 0.0858. The molecule has 2 aromatic rings. The van der Waals surface area contributed by atoms with E-state index in [1.165, 1.54) is 11.1 Å². The third-order valence-corrected chi connectivity index (χ3v) is 4.35. The predicted molar refractivity (Wildman–Crippen MR) is 97.2 cm³/mol. The summed E-state index contributed by atoms with van der Waals surface area (Å²) in [4.78, 5) is 14.7. The van der Waals surface area contributed by atoms with Gasteiger partial charge >= 0.3 is 0 Å². The van der Waals surface area contributed by atoms with Crippen LogP contribution in [0.25, 0.3) is 0 Å². The van der Waals surface area contributed by atoms with Gasteiger partial charge in [0.25, 0.3) is 5.91 Å². The van der Waals surface area contributed by atoms with Crippen LogP contribution < -0.4 is 5.32 Å². The molecule has 1 amide bonds. The van der Waals surface area contributed by atoms with Crippen LogP contribution in [0.3, 0.4) is 0 Å². The molecule has 5 nitrogen and oxygen atoms in total.